The molecule has 8 aliphatic rings. The molecule has 12 nitrogen and oxygen atoms in total. The van der Waals surface area contributed by atoms with Crippen molar-refractivity contribution in [2.24, 2.45) is 34.5 Å². The Bertz CT molecular complexity index is 1190. The molecular formula is C27H34O12. The lowest BCUT2D eigenvalue weighted by atomic mass is 9.43. The highest BCUT2D eigenvalue weighted by Crippen LogP contribution is 2.85. The van der Waals surface area contributed by atoms with Crippen molar-refractivity contribution in [3.05, 3.63) is 0 Å². The van der Waals surface area contributed by atoms with Gasteiger partial charge in [0.15, 0.2) is 17.5 Å². The predicted molar refractivity (Wildman–Crippen MR) is 124 cm³/mol. The first-order chi connectivity index (χ1) is 18.4. The molecule has 0 aromatic rings. The number of aliphatic hydroxyl groups is 1. The summed E-state index contributed by atoms with van der Waals surface area (Å²) < 4.78 is 42.5. The summed E-state index contributed by atoms with van der Waals surface area (Å²) in [7, 11) is 2.97. The van der Waals surface area contributed by atoms with Gasteiger partial charge in [0, 0.05) is 58.7 Å². The van der Waals surface area contributed by atoms with Crippen LogP contribution in [0.3, 0.4) is 0 Å². The van der Waals surface area contributed by atoms with Crippen LogP contribution in [-0.4, -0.2) is 91.2 Å². The van der Waals surface area contributed by atoms with Gasteiger partial charge >= 0.3 is 23.9 Å². The number of hydrogen-bond donors (Lipinski definition) is 1. The maximum absolute atomic E-state index is 13.7. The topological polar surface area (TPSA) is 153 Å². The Balaban J connectivity index is 1.53. The van der Waals surface area contributed by atoms with Crippen molar-refractivity contribution in [3.8, 4) is 0 Å². The minimum absolute atomic E-state index is 0.0183. The van der Waals surface area contributed by atoms with Gasteiger partial charge in [0.2, 0.25) is 0 Å². The van der Waals surface area contributed by atoms with E-state index in [1.54, 1.807) is 0 Å². The Kier molecular flexibility index (Phi) is 4.94. The van der Waals surface area contributed by atoms with Crippen LogP contribution in [0.5, 0.6) is 0 Å². The van der Waals surface area contributed by atoms with Gasteiger partial charge in [0.25, 0.3) is 0 Å². The molecular weight excluding hydrogens is 516 g/mol. The van der Waals surface area contributed by atoms with Crippen molar-refractivity contribution in [1.29, 1.82) is 0 Å². The van der Waals surface area contributed by atoms with E-state index in [4.69, 9.17) is 33.2 Å². The second-order valence-corrected chi connectivity index (χ2v) is 12.6. The SMILES string of the molecule is COC[C@]12C(=O)O[C@@H]3[C@H]1[C@@]14CC[C@H]2O[C@]1(O)[C@H]3[C@@]1(OC(C)=O)C[C@H](OC)[C@@]2(OC(C)=O)C[C@@H]4[C@@H]1[C@H]2OC(C)=O. The summed E-state index contributed by atoms with van der Waals surface area (Å²) in [6, 6.07) is 0. The van der Waals surface area contributed by atoms with E-state index in [-0.39, 0.29) is 19.4 Å². The number of carbonyl (C=O) groups excluding carboxylic acids is 4. The lowest BCUT2D eigenvalue weighted by Gasteiger charge is -2.69. The fourth-order valence-electron chi connectivity index (χ4n) is 11.1. The molecule has 8 rings (SSSR count). The van der Waals surface area contributed by atoms with Crippen LogP contribution >= 0.6 is 0 Å². The summed E-state index contributed by atoms with van der Waals surface area (Å²) in [4.78, 5) is 51.6. The van der Waals surface area contributed by atoms with Crippen LogP contribution in [-0.2, 0) is 52.3 Å². The maximum atomic E-state index is 13.7. The molecule has 3 aliphatic heterocycles. The Morgan fingerprint density at radius 3 is 2.31 bits per heavy atom. The molecule has 0 unspecified atom stereocenters. The van der Waals surface area contributed by atoms with Crippen LogP contribution in [0.15, 0.2) is 0 Å². The maximum Gasteiger partial charge on any atom is 0.317 e. The largest absolute Gasteiger partial charge is 0.461 e. The second-order valence-electron chi connectivity index (χ2n) is 12.6. The number of fused-ring (bicyclic) bond motifs is 4. The third-order valence-electron chi connectivity index (χ3n) is 11.4. The van der Waals surface area contributed by atoms with Crippen LogP contribution in [0, 0.1) is 34.5 Å². The van der Waals surface area contributed by atoms with Crippen LogP contribution in [0.4, 0.5) is 0 Å². The molecule has 8 fully saturated rings. The van der Waals surface area contributed by atoms with Crippen LogP contribution in [0.25, 0.3) is 0 Å². The average molecular weight is 551 g/mol. The lowest BCUT2D eigenvalue weighted by Crippen LogP contribution is -2.79. The summed E-state index contributed by atoms with van der Waals surface area (Å²) in [6.07, 6.45) is -2.21. The first-order valence-electron chi connectivity index (χ1n) is 13.6. The van der Waals surface area contributed by atoms with Crippen molar-refractivity contribution in [2.75, 3.05) is 20.8 Å². The van der Waals surface area contributed by atoms with Crippen LogP contribution in [0.2, 0.25) is 0 Å². The van der Waals surface area contributed by atoms with Crippen molar-refractivity contribution in [1.82, 2.24) is 0 Å². The number of hydrogen-bond acceptors (Lipinski definition) is 12. The number of esters is 4. The first-order valence-corrected chi connectivity index (χ1v) is 13.6. The molecule has 0 radical (unpaired) electrons. The number of methoxy groups -OCH3 is 2. The fraction of sp³-hybridized carbons (Fsp3) is 0.852. The predicted octanol–water partition coefficient (Wildman–Crippen LogP) is 0.262. The Hall–Kier alpha value is -2.28. The molecule has 39 heavy (non-hydrogen) atoms. The molecule has 3 heterocycles. The fourth-order valence-corrected chi connectivity index (χ4v) is 11.1. The zero-order valence-corrected chi connectivity index (χ0v) is 22.6. The van der Waals surface area contributed by atoms with E-state index in [1.165, 1.54) is 35.0 Å². The van der Waals surface area contributed by atoms with Gasteiger partial charge in [-0.05, 0) is 25.2 Å². The molecule has 12 heteroatoms. The Morgan fingerprint density at radius 1 is 1.00 bits per heavy atom. The van der Waals surface area contributed by atoms with Gasteiger partial charge in [-0.2, -0.15) is 0 Å². The summed E-state index contributed by atoms with van der Waals surface area (Å²) >= 11 is 0. The zero-order chi connectivity index (χ0) is 27.9. The minimum atomic E-state index is -1.81. The second kappa shape index (κ2) is 7.51. The first kappa shape index (κ1) is 25.7. The molecule has 0 amide bonds. The minimum Gasteiger partial charge on any atom is -0.461 e. The van der Waals surface area contributed by atoms with E-state index in [2.05, 4.69) is 0 Å². The highest BCUT2D eigenvalue weighted by Gasteiger charge is 2.97. The van der Waals surface area contributed by atoms with Crippen molar-refractivity contribution < 1.29 is 57.4 Å². The van der Waals surface area contributed by atoms with Gasteiger partial charge in [0.1, 0.15) is 23.2 Å². The highest BCUT2D eigenvalue weighted by atomic mass is 16.7. The molecule has 5 aliphatic carbocycles. The molecule has 3 saturated heterocycles. The van der Waals surface area contributed by atoms with E-state index in [0.717, 1.165) is 0 Å². The van der Waals surface area contributed by atoms with Gasteiger partial charge in [-0.1, -0.05) is 0 Å². The summed E-state index contributed by atoms with van der Waals surface area (Å²) in [5, 5.41) is 12.7. The van der Waals surface area contributed by atoms with E-state index in [0.29, 0.717) is 12.8 Å². The van der Waals surface area contributed by atoms with Crippen molar-refractivity contribution in [3.63, 3.8) is 0 Å². The van der Waals surface area contributed by atoms with Gasteiger partial charge in [-0.25, -0.2) is 0 Å². The molecule has 0 aromatic carbocycles. The number of ether oxygens (including phenoxy) is 7. The van der Waals surface area contributed by atoms with E-state index >= 15 is 0 Å². The van der Waals surface area contributed by atoms with Crippen molar-refractivity contribution in [2.45, 2.75) is 87.9 Å². The Labute approximate surface area is 224 Å². The number of carbonyl (C=O) groups is 4. The van der Waals surface area contributed by atoms with Gasteiger partial charge in [-0.15, -0.1) is 0 Å². The zero-order valence-electron chi connectivity index (χ0n) is 22.6. The smallest absolute Gasteiger partial charge is 0.317 e. The standard InChI is InChI=1S/C27H34O12/c1-11(28)35-21-17-14-8-25(21,37-12(2)29)16(34-5)9-26(17,38-13(3)30)20-18-19-23(10-33-4,22(31)36-18)15-6-7-24(14,19)27(20,32)39-15/h14-21,32H,6-10H2,1-5H3/t14-,15-,16+,17-,18-,19-,20-,21-,23-,24+,25+,26-,27-/m1/s1. The van der Waals surface area contributed by atoms with E-state index in [9.17, 15) is 24.3 Å². The molecule has 13 atom stereocenters. The lowest BCUT2D eigenvalue weighted by molar-refractivity contribution is -0.431. The molecule has 1 N–H and O–H groups in total. The number of rotatable bonds is 6. The molecule has 5 saturated carbocycles. The van der Waals surface area contributed by atoms with Crippen LogP contribution in [0.1, 0.15) is 46.5 Å². The molecule has 7 bridgehead atoms. The van der Waals surface area contributed by atoms with Gasteiger partial charge in [0.05, 0.1) is 18.6 Å². The summed E-state index contributed by atoms with van der Waals surface area (Å²) in [5.74, 6) is -6.75. The third kappa shape index (κ3) is 2.49. The quantitative estimate of drug-likeness (QED) is 0.357. The van der Waals surface area contributed by atoms with Crippen molar-refractivity contribution >= 4 is 23.9 Å². The third-order valence-corrected chi connectivity index (χ3v) is 11.4. The normalized spacial score (nSPS) is 54.8. The van der Waals surface area contributed by atoms with Gasteiger partial charge in [-0.3, -0.25) is 19.2 Å². The van der Waals surface area contributed by atoms with Gasteiger partial charge < -0.3 is 38.3 Å². The van der Waals surface area contributed by atoms with Crippen LogP contribution < -0.4 is 0 Å². The summed E-state index contributed by atoms with van der Waals surface area (Å²) in [6.45, 7) is 3.87. The Morgan fingerprint density at radius 2 is 1.69 bits per heavy atom. The highest BCUT2D eigenvalue weighted by molar-refractivity contribution is 5.83. The molecule has 1 spiro atoms. The molecule has 0 aromatic heterocycles. The van der Waals surface area contributed by atoms with E-state index < -0.39 is 99.8 Å². The average Bonchev–Trinajstić information content (AvgIpc) is 3.32. The molecule has 214 valence electrons. The summed E-state index contributed by atoms with van der Waals surface area (Å²) in [5.41, 5.74) is -5.10. The van der Waals surface area contributed by atoms with E-state index in [1.807, 2.05) is 0 Å². The monoisotopic (exact) mass is 550 g/mol.